The van der Waals surface area contributed by atoms with E-state index in [4.69, 9.17) is 0 Å². The Morgan fingerprint density at radius 2 is 0.658 bits per heavy atom. The third-order valence-corrected chi connectivity index (χ3v) is 14.9. The molecular formula is C72H71N. The summed E-state index contributed by atoms with van der Waals surface area (Å²) in [6, 6.07) is 80.1. The maximum atomic E-state index is 2.58. The maximum absolute atomic E-state index is 2.58. The lowest BCUT2D eigenvalue weighted by molar-refractivity contribution is 0.568. The van der Waals surface area contributed by atoms with E-state index in [-0.39, 0.29) is 21.7 Å². The molecular weight excluding hydrogens is 879 g/mol. The minimum Gasteiger partial charge on any atom is -0.309 e. The molecule has 364 valence electrons. The molecule has 10 rings (SSSR count). The molecule has 0 bridgehead atoms. The van der Waals surface area contributed by atoms with Crippen molar-refractivity contribution in [1.82, 2.24) is 0 Å². The van der Waals surface area contributed by atoms with Gasteiger partial charge in [-0.25, -0.2) is 0 Å². The number of para-hydroxylation sites is 2. The van der Waals surface area contributed by atoms with Crippen molar-refractivity contribution in [3.63, 3.8) is 0 Å². The molecule has 0 saturated heterocycles. The van der Waals surface area contributed by atoms with E-state index in [1.165, 1.54) is 77.2 Å². The van der Waals surface area contributed by atoms with Crippen LogP contribution in [0.15, 0.2) is 212 Å². The Labute approximate surface area is 436 Å². The number of fused-ring (bicyclic) bond motifs is 2. The van der Waals surface area contributed by atoms with Crippen molar-refractivity contribution in [1.29, 1.82) is 0 Å². The molecule has 0 amide bonds. The largest absolute Gasteiger partial charge is 0.309 e. The van der Waals surface area contributed by atoms with Gasteiger partial charge in [0, 0.05) is 16.7 Å². The first-order valence-corrected chi connectivity index (χ1v) is 26.2. The summed E-state index contributed by atoms with van der Waals surface area (Å²) in [6.45, 7) is 28.0. The van der Waals surface area contributed by atoms with Gasteiger partial charge in [0.1, 0.15) is 0 Å². The van der Waals surface area contributed by atoms with Crippen LogP contribution in [0, 0.1) is 0 Å². The van der Waals surface area contributed by atoms with Crippen molar-refractivity contribution >= 4 is 38.6 Å². The second-order valence-corrected chi connectivity index (χ2v) is 24.3. The van der Waals surface area contributed by atoms with Crippen molar-refractivity contribution in [3.8, 4) is 55.6 Å². The average Bonchev–Trinajstić information content (AvgIpc) is 3.37. The first-order chi connectivity index (χ1) is 34.7. The van der Waals surface area contributed by atoms with Gasteiger partial charge in [0.05, 0.1) is 17.1 Å². The molecule has 10 aromatic rings. The molecule has 0 aliphatic heterocycles. The standard InChI is InChI=1S/C72H71N/c1-69(2,3)54-41-52(42-55(46-54)70(4,5)6)60-32-18-20-37-65(60)73(67-45-51(39-40-61(67)49-25-14-13-15-26-49)59-34-22-28-48-27-16-17-31-58(48)59)66-38-21-19-33-63(66)64-36-24-30-50-29-23-35-62(68(50)64)53-43-56(71(7,8)9)47-57(44-53)72(10,11)12/h13-47H,1-12H3. The fraction of sp³-hybridized carbons (Fsp3) is 0.222. The van der Waals surface area contributed by atoms with Gasteiger partial charge in [-0.2, -0.15) is 0 Å². The summed E-state index contributed by atoms with van der Waals surface area (Å²) in [7, 11) is 0. The van der Waals surface area contributed by atoms with E-state index < -0.39 is 0 Å². The van der Waals surface area contributed by atoms with Crippen LogP contribution in [0.4, 0.5) is 17.1 Å². The summed E-state index contributed by atoms with van der Waals surface area (Å²) in [5, 5.41) is 4.92. The third kappa shape index (κ3) is 9.79. The van der Waals surface area contributed by atoms with Gasteiger partial charge < -0.3 is 4.90 Å². The van der Waals surface area contributed by atoms with Crippen LogP contribution < -0.4 is 4.90 Å². The molecule has 0 heterocycles. The zero-order chi connectivity index (χ0) is 51.5. The molecule has 0 unspecified atom stereocenters. The number of nitrogens with zero attached hydrogens (tertiary/aromatic N) is 1. The molecule has 0 N–H and O–H groups in total. The monoisotopic (exact) mass is 950 g/mol. The van der Waals surface area contributed by atoms with Crippen molar-refractivity contribution in [2.24, 2.45) is 0 Å². The van der Waals surface area contributed by atoms with E-state index in [9.17, 15) is 0 Å². The van der Waals surface area contributed by atoms with Gasteiger partial charge >= 0.3 is 0 Å². The molecule has 0 aliphatic rings. The number of rotatable bonds is 8. The van der Waals surface area contributed by atoms with Crippen molar-refractivity contribution in [3.05, 3.63) is 235 Å². The lowest BCUT2D eigenvalue weighted by Gasteiger charge is -2.33. The molecule has 0 aromatic heterocycles. The van der Waals surface area contributed by atoms with E-state index in [1.54, 1.807) is 0 Å². The van der Waals surface area contributed by atoms with Crippen LogP contribution in [0.25, 0.3) is 77.2 Å². The van der Waals surface area contributed by atoms with E-state index in [2.05, 4.69) is 300 Å². The first-order valence-electron chi connectivity index (χ1n) is 26.2. The van der Waals surface area contributed by atoms with Crippen molar-refractivity contribution < 1.29 is 0 Å². The highest BCUT2D eigenvalue weighted by Crippen LogP contribution is 2.51. The van der Waals surface area contributed by atoms with Gasteiger partial charge in [0.2, 0.25) is 0 Å². The van der Waals surface area contributed by atoms with E-state index in [0.717, 1.165) is 39.3 Å². The topological polar surface area (TPSA) is 3.24 Å². The summed E-state index contributed by atoms with van der Waals surface area (Å²) in [5.74, 6) is 0. The Morgan fingerprint density at radius 1 is 0.247 bits per heavy atom. The molecule has 0 aliphatic carbocycles. The van der Waals surface area contributed by atoms with Crippen LogP contribution in [0.5, 0.6) is 0 Å². The van der Waals surface area contributed by atoms with Gasteiger partial charge in [-0.15, -0.1) is 0 Å². The van der Waals surface area contributed by atoms with Crippen LogP contribution in [-0.2, 0) is 21.7 Å². The molecule has 1 nitrogen and oxygen atoms in total. The molecule has 1 heteroatoms. The normalized spacial score (nSPS) is 12.4. The highest BCUT2D eigenvalue weighted by molar-refractivity contribution is 6.10. The minimum absolute atomic E-state index is 0.0268. The minimum atomic E-state index is -0.0589. The fourth-order valence-corrected chi connectivity index (χ4v) is 10.5. The molecule has 0 spiro atoms. The summed E-state index contributed by atoms with van der Waals surface area (Å²) < 4.78 is 0. The highest BCUT2D eigenvalue weighted by atomic mass is 15.1. The summed E-state index contributed by atoms with van der Waals surface area (Å²) in [5.41, 5.74) is 20.4. The van der Waals surface area contributed by atoms with E-state index in [0.29, 0.717) is 0 Å². The first kappa shape index (κ1) is 49.1. The maximum Gasteiger partial charge on any atom is 0.0546 e. The SMILES string of the molecule is CC(C)(C)c1cc(-c2ccccc2N(c2cc(-c3cccc4ccccc34)ccc2-c2ccccc2)c2ccccc2-c2cccc3cccc(-c4cc(C(C)(C)C)cc(C(C)(C)C)c4)c23)cc(C(C)(C)C)c1. The average molecular weight is 950 g/mol. The second kappa shape index (κ2) is 18.8. The third-order valence-electron chi connectivity index (χ3n) is 14.9. The molecule has 73 heavy (non-hydrogen) atoms. The Hall–Kier alpha value is -7.48. The predicted octanol–water partition coefficient (Wildman–Crippen LogP) is 21.0. The summed E-state index contributed by atoms with van der Waals surface area (Å²) in [6.07, 6.45) is 0. The molecule has 0 saturated carbocycles. The zero-order valence-electron chi connectivity index (χ0n) is 45.2. The molecule has 0 fully saturated rings. The van der Waals surface area contributed by atoms with Crippen LogP contribution >= 0.6 is 0 Å². The highest BCUT2D eigenvalue weighted by Gasteiger charge is 2.28. The van der Waals surface area contributed by atoms with Crippen LogP contribution in [0.2, 0.25) is 0 Å². The van der Waals surface area contributed by atoms with Gasteiger partial charge in [0.25, 0.3) is 0 Å². The summed E-state index contributed by atoms with van der Waals surface area (Å²) >= 11 is 0. The number of hydrogen-bond donors (Lipinski definition) is 0. The quantitative estimate of drug-likeness (QED) is 0.147. The Balaban J connectivity index is 1.32. The molecule has 0 atom stereocenters. The van der Waals surface area contributed by atoms with Crippen molar-refractivity contribution in [2.75, 3.05) is 4.90 Å². The number of benzene rings is 10. The zero-order valence-corrected chi connectivity index (χ0v) is 45.2. The van der Waals surface area contributed by atoms with Crippen LogP contribution in [0.3, 0.4) is 0 Å². The van der Waals surface area contributed by atoms with Crippen LogP contribution in [-0.4, -0.2) is 0 Å². The van der Waals surface area contributed by atoms with Gasteiger partial charge in [0.15, 0.2) is 0 Å². The predicted molar refractivity (Wildman–Crippen MR) is 318 cm³/mol. The Kier molecular flexibility index (Phi) is 12.7. The number of hydrogen-bond acceptors (Lipinski definition) is 1. The molecule has 10 aromatic carbocycles. The Bertz CT molecular complexity index is 3580. The lowest BCUT2D eigenvalue weighted by atomic mass is 9.78. The van der Waals surface area contributed by atoms with Crippen LogP contribution in [0.1, 0.15) is 105 Å². The van der Waals surface area contributed by atoms with E-state index >= 15 is 0 Å². The second-order valence-electron chi connectivity index (χ2n) is 24.3. The molecule has 0 radical (unpaired) electrons. The fourth-order valence-electron chi connectivity index (χ4n) is 10.5. The van der Waals surface area contributed by atoms with Crippen molar-refractivity contribution in [2.45, 2.75) is 105 Å². The van der Waals surface area contributed by atoms with Gasteiger partial charge in [-0.3, -0.25) is 0 Å². The van der Waals surface area contributed by atoms with Gasteiger partial charge in [-0.1, -0.05) is 277 Å². The number of anilines is 3. The van der Waals surface area contributed by atoms with E-state index in [1.807, 2.05) is 0 Å². The lowest BCUT2D eigenvalue weighted by Crippen LogP contribution is -2.17. The Morgan fingerprint density at radius 3 is 1.23 bits per heavy atom. The smallest absolute Gasteiger partial charge is 0.0546 e. The summed E-state index contributed by atoms with van der Waals surface area (Å²) in [4.78, 5) is 2.58. The van der Waals surface area contributed by atoms with Gasteiger partial charge in [-0.05, 0) is 123 Å².